The smallest absolute Gasteiger partial charge is 0.230 e. The Labute approximate surface area is 174 Å². The van der Waals surface area contributed by atoms with Gasteiger partial charge in [0.25, 0.3) is 0 Å². The zero-order valence-electron chi connectivity index (χ0n) is 16.6. The summed E-state index contributed by atoms with van der Waals surface area (Å²) in [7, 11) is 1.81. The highest BCUT2D eigenvalue weighted by molar-refractivity contribution is 7.07. The van der Waals surface area contributed by atoms with Gasteiger partial charge in [-0.25, -0.2) is 0 Å². The molecule has 150 valence electrons. The van der Waals surface area contributed by atoms with E-state index in [2.05, 4.69) is 6.07 Å². The van der Waals surface area contributed by atoms with Crippen LogP contribution in [0.4, 0.5) is 0 Å². The molecular weight excluding hydrogens is 384 g/mol. The molecule has 1 aromatic heterocycles. The van der Waals surface area contributed by atoms with E-state index in [0.717, 1.165) is 11.1 Å². The molecule has 2 fully saturated rings. The van der Waals surface area contributed by atoms with Gasteiger partial charge in [-0.2, -0.15) is 11.3 Å². The van der Waals surface area contributed by atoms with Crippen molar-refractivity contribution in [3.8, 4) is 0 Å². The summed E-state index contributed by atoms with van der Waals surface area (Å²) in [6.45, 7) is 3.66. The molecule has 2 saturated heterocycles. The number of ether oxygens (including phenoxy) is 1. The Kier molecular flexibility index (Phi) is 4.37. The van der Waals surface area contributed by atoms with Crippen LogP contribution in [0.25, 0.3) is 0 Å². The van der Waals surface area contributed by atoms with Crippen molar-refractivity contribution in [1.29, 1.82) is 0 Å². The van der Waals surface area contributed by atoms with Crippen molar-refractivity contribution >= 4 is 23.2 Å². The molecule has 29 heavy (non-hydrogen) atoms. The monoisotopic (exact) mass is 408 g/mol. The van der Waals surface area contributed by atoms with E-state index in [1.807, 2.05) is 66.0 Å². The van der Waals surface area contributed by atoms with Crippen LogP contribution in [0.5, 0.6) is 0 Å². The van der Waals surface area contributed by atoms with Crippen LogP contribution in [0.1, 0.15) is 16.7 Å². The number of hydrogen-bond acceptors (Lipinski definition) is 4. The third kappa shape index (κ3) is 3.02. The minimum atomic E-state index is -0.658. The lowest BCUT2D eigenvalue weighted by Crippen LogP contribution is -2.44. The van der Waals surface area contributed by atoms with E-state index in [0.29, 0.717) is 19.6 Å². The Morgan fingerprint density at radius 1 is 1.34 bits per heavy atom. The van der Waals surface area contributed by atoms with E-state index in [9.17, 15) is 9.59 Å². The highest BCUT2D eigenvalue weighted by Crippen LogP contribution is 2.52. The molecule has 2 bridgehead atoms. The number of carbonyl (C=O) groups is 2. The van der Waals surface area contributed by atoms with Crippen molar-refractivity contribution in [2.45, 2.75) is 31.7 Å². The molecule has 6 heteroatoms. The van der Waals surface area contributed by atoms with Crippen LogP contribution in [0, 0.1) is 18.8 Å². The first kappa shape index (κ1) is 18.6. The van der Waals surface area contributed by atoms with Gasteiger partial charge in [0.1, 0.15) is 5.60 Å². The molecule has 0 N–H and O–H groups in total. The van der Waals surface area contributed by atoms with Crippen molar-refractivity contribution < 1.29 is 14.3 Å². The molecule has 1 aromatic carbocycles. The number of thiophene rings is 1. The highest BCUT2D eigenvalue weighted by atomic mass is 32.1. The predicted octanol–water partition coefficient (Wildman–Crippen LogP) is 3.00. The van der Waals surface area contributed by atoms with Gasteiger partial charge in [-0.15, -0.1) is 0 Å². The molecule has 2 aromatic rings. The molecule has 0 aliphatic carbocycles. The number of aryl methyl sites for hydroxylation is 1. The van der Waals surface area contributed by atoms with Gasteiger partial charge in [0, 0.05) is 20.1 Å². The second-order valence-electron chi connectivity index (χ2n) is 8.41. The number of benzene rings is 1. The van der Waals surface area contributed by atoms with E-state index >= 15 is 0 Å². The van der Waals surface area contributed by atoms with Crippen LogP contribution in [0.2, 0.25) is 0 Å². The number of amides is 2. The fourth-order valence-electron chi connectivity index (χ4n) is 5.01. The molecule has 3 aliphatic heterocycles. The van der Waals surface area contributed by atoms with Gasteiger partial charge in [0.05, 0.1) is 24.5 Å². The lowest BCUT2D eigenvalue weighted by atomic mass is 9.76. The molecule has 5 nitrogen and oxygen atoms in total. The summed E-state index contributed by atoms with van der Waals surface area (Å²) < 4.78 is 6.25. The number of rotatable bonds is 5. The summed E-state index contributed by atoms with van der Waals surface area (Å²) in [6, 6.07) is 10.2. The number of likely N-dealkylation sites (tertiary alicyclic amines) is 1. The van der Waals surface area contributed by atoms with Crippen LogP contribution in [-0.2, 0) is 27.4 Å². The Hall–Kier alpha value is -2.44. The Balaban J connectivity index is 1.37. The quantitative estimate of drug-likeness (QED) is 0.715. The molecule has 4 atom stereocenters. The summed E-state index contributed by atoms with van der Waals surface area (Å²) >= 11 is 1.62. The third-order valence-electron chi connectivity index (χ3n) is 6.30. The molecule has 1 spiro atoms. The topological polar surface area (TPSA) is 49.9 Å². The van der Waals surface area contributed by atoms with Crippen molar-refractivity contribution in [2.24, 2.45) is 11.8 Å². The summed E-state index contributed by atoms with van der Waals surface area (Å²) in [5, 5.41) is 4.06. The van der Waals surface area contributed by atoms with Crippen LogP contribution < -0.4 is 0 Å². The summed E-state index contributed by atoms with van der Waals surface area (Å²) in [5.41, 5.74) is 2.73. The second kappa shape index (κ2) is 6.82. The van der Waals surface area contributed by atoms with Crippen LogP contribution in [-0.4, -0.2) is 46.9 Å². The van der Waals surface area contributed by atoms with E-state index in [4.69, 9.17) is 4.74 Å². The first-order chi connectivity index (χ1) is 14.0. The molecule has 2 amide bonds. The lowest BCUT2D eigenvalue weighted by molar-refractivity contribution is -0.142. The van der Waals surface area contributed by atoms with Crippen LogP contribution in [0.3, 0.4) is 0 Å². The van der Waals surface area contributed by atoms with Gasteiger partial charge in [-0.3, -0.25) is 9.59 Å². The maximum atomic E-state index is 13.4. The molecule has 0 saturated carbocycles. The van der Waals surface area contributed by atoms with E-state index in [1.165, 1.54) is 5.56 Å². The maximum Gasteiger partial charge on any atom is 0.230 e. The summed E-state index contributed by atoms with van der Waals surface area (Å²) in [6.07, 6.45) is 3.68. The second-order valence-corrected chi connectivity index (χ2v) is 9.19. The van der Waals surface area contributed by atoms with Gasteiger partial charge in [0.15, 0.2) is 0 Å². The number of hydrogen-bond donors (Lipinski definition) is 0. The zero-order valence-corrected chi connectivity index (χ0v) is 17.4. The van der Waals surface area contributed by atoms with Crippen molar-refractivity contribution in [2.75, 3.05) is 13.6 Å². The van der Waals surface area contributed by atoms with Crippen molar-refractivity contribution in [3.63, 3.8) is 0 Å². The maximum absolute atomic E-state index is 13.4. The van der Waals surface area contributed by atoms with E-state index in [1.54, 1.807) is 16.2 Å². The van der Waals surface area contributed by atoms with Gasteiger partial charge in [-0.05, 0) is 34.9 Å². The van der Waals surface area contributed by atoms with E-state index in [-0.39, 0.29) is 17.9 Å². The van der Waals surface area contributed by atoms with Gasteiger partial charge < -0.3 is 14.5 Å². The van der Waals surface area contributed by atoms with Gasteiger partial charge in [0.2, 0.25) is 11.8 Å². The van der Waals surface area contributed by atoms with Crippen LogP contribution >= 0.6 is 11.3 Å². The molecule has 3 aliphatic rings. The van der Waals surface area contributed by atoms with Crippen molar-refractivity contribution in [3.05, 3.63) is 69.9 Å². The minimum absolute atomic E-state index is 0.0109. The third-order valence-corrected chi connectivity index (χ3v) is 7.03. The molecular formula is C23H24N2O3S. The fraction of sp³-hybridized carbons (Fsp3) is 0.391. The number of fused-ring (bicyclic) bond motifs is 1. The number of nitrogens with zero attached hydrogens (tertiary/aromatic N) is 2. The molecule has 5 rings (SSSR count). The zero-order chi connectivity index (χ0) is 20.2. The fourth-order valence-corrected chi connectivity index (χ4v) is 5.67. The molecule has 0 unspecified atom stereocenters. The Bertz CT molecular complexity index is 986. The lowest BCUT2D eigenvalue weighted by Gasteiger charge is -2.27. The Morgan fingerprint density at radius 2 is 2.21 bits per heavy atom. The number of carbonyl (C=O) groups excluding carboxylic acids is 2. The average molecular weight is 409 g/mol. The SMILES string of the molecule is Cc1cccc(CN2C[C@]34C=C[C@H](O3)[C@@H](C(=O)N(C)Cc3ccsc3)[C@@H]4C2=O)c1. The van der Waals surface area contributed by atoms with Crippen LogP contribution in [0.15, 0.2) is 53.2 Å². The van der Waals surface area contributed by atoms with Crippen molar-refractivity contribution in [1.82, 2.24) is 9.80 Å². The first-order valence-corrected chi connectivity index (χ1v) is 10.9. The predicted molar refractivity (Wildman–Crippen MR) is 111 cm³/mol. The highest BCUT2D eigenvalue weighted by Gasteiger charge is 2.67. The first-order valence-electron chi connectivity index (χ1n) is 9.94. The minimum Gasteiger partial charge on any atom is -0.360 e. The average Bonchev–Trinajstić information content (AvgIpc) is 3.45. The van der Waals surface area contributed by atoms with Gasteiger partial charge >= 0.3 is 0 Å². The van der Waals surface area contributed by atoms with E-state index < -0.39 is 17.4 Å². The largest absolute Gasteiger partial charge is 0.360 e. The summed E-state index contributed by atoms with van der Waals surface area (Å²) in [4.78, 5) is 30.2. The van der Waals surface area contributed by atoms with Gasteiger partial charge in [-0.1, -0.05) is 42.0 Å². The standard InChI is InChI=1S/C23H24N2O3S/c1-15-4-3-5-16(10-15)12-25-14-23-8-6-18(28-23)19(20(23)22(25)27)21(26)24(2)11-17-7-9-29-13-17/h3-10,13,18-20H,11-12,14H2,1-2H3/t18-,19+,20+,23-/m0/s1. The Morgan fingerprint density at radius 3 is 2.97 bits per heavy atom. The molecule has 4 heterocycles. The molecule has 0 radical (unpaired) electrons. The summed E-state index contributed by atoms with van der Waals surface area (Å²) in [5.74, 6) is -0.859. The normalized spacial score (nSPS) is 29.5.